The van der Waals surface area contributed by atoms with Gasteiger partial charge in [0.25, 0.3) is 5.91 Å². The Bertz CT molecular complexity index is 1000. The molecule has 5 nitrogen and oxygen atoms in total. The van der Waals surface area contributed by atoms with E-state index in [1.807, 2.05) is 24.0 Å². The van der Waals surface area contributed by atoms with Crippen molar-refractivity contribution in [1.29, 1.82) is 0 Å². The third-order valence-corrected chi connectivity index (χ3v) is 5.53. The Hall–Kier alpha value is -2.93. The molecule has 1 aliphatic heterocycles. The van der Waals surface area contributed by atoms with Crippen molar-refractivity contribution in [2.45, 2.75) is 31.8 Å². The predicted octanol–water partition coefficient (Wildman–Crippen LogP) is 4.14. The summed E-state index contributed by atoms with van der Waals surface area (Å²) in [6.45, 7) is 1.90. The lowest BCUT2D eigenvalue weighted by Crippen LogP contribution is -2.49. The quantitative estimate of drug-likeness (QED) is 0.725. The van der Waals surface area contributed by atoms with Crippen molar-refractivity contribution in [2.24, 2.45) is 0 Å². The van der Waals surface area contributed by atoms with Gasteiger partial charge in [-0.3, -0.25) is 4.79 Å². The molecule has 0 spiro atoms. The monoisotopic (exact) mass is 411 g/mol. The lowest BCUT2D eigenvalue weighted by molar-refractivity contribution is -0.113. The van der Waals surface area contributed by atoms with Crippen molar-refractivity contribution in [3.63, 3.8) is 0 Å². The average Bonchev–Trinajstić information content (AvgIpc) is 3.53. The van der Waals surface area contributed by atoms with Gasteiger partial charge in [0.2, 0.25) is 0 Å². The average molecular weight is 412 g/mol. The number of allylic oxidation sites excluding steroid dienone is 1. The minimum atomic E-state index is -0.539. The van der Waals surface area contributed by atoms with Crippen LogP contribution in [0.1, 0.15) is 31.4 Å². The second kappa shape index (κ2) is 7.83. The van der Waals surface area contributed by atoms with Crippen LogP contribution >= 0.6 is 12.2 Å². The number of para-hydroxylation sites is 2. The number of halogens is 1. The fourth-order valence-corrected chi connectivity index (χ4v) is 4.10. The van der Waals surface area contributed by atoms with E-state index in [4.69, 9.17) is 17.0 Å². The highest BCUT2D eigenvalue weighted by atomic mass is 32.1. The van der Waals surface area contributed by atoms with Crippen LogP contribution in [0.3, 0.4) is 0 Å². The number of hydrogen-bond acceptors (Lipinski definition) is 3. The van der Waals surface area contributed by atoms with E-state index >= 15 is 0 Å². The highest BCUT2D eigenvalue weighted by Crippen LogP contribution is 2.38. The molecule has 1 amide bonds. The maximum Gasteiger partial charge on any atom is 0.255 e. The molecule has 1 fully saturated rings. The molecule has 0 radical (unpaired) electrons. The van der Waals surface area contributed by atoms with Crippen LogP contribution in [0.4, 0.5) is 10.1 Å². The maximum atomic E-state index is 13.9. The van der Waals surface area contributed by atoms with Gasteiger partial charge in [-0.2, -0.15) is 0 Å². The summed E-state index contributed by atoms with van der Waals surface area (Å²) in [5, 5.41) is 6.76. The SMILES string of the molecule is COc1ccccc1NC(=O)C1=C(C)N(C2CC2)C(=S)N[C@H]1c1cccc(F)c1. The molecule has 2 aliphatic rings. The number of nitrogens with zero attached hydrogens (tertiary/aromatic N) is 1. The Morgan fingerprint density at radius 3 is 2.69 bits per heavy atom. The van der Waals surface area contributed by atoms with Gasteiger partial charge in [0, 0.05) is 11.7 Å². The molecule has 2 aromatic carbocycles. The van der Waals surface area contributed by atoms with Crippen molar-refractivity contribution < 1.29 is 13.9 Å². The van der Waals surface area contributed by atoms with Gasteiger partial charge in [0.15, 0.2) is 5.11 Å². The van der Waals surface area contributed by atoms with Gasteiger partial charge in [-0.25, -0.2) is 4.39 Å². The van der Waals surface area contributed by atoms with Gasteiger partial charge in [0.1, 0.15) is 11.6 Å². The summed E-state index contributed by atoms with van der Waals surface area (Å²) in [6, 6.07) is 13.2. The summed E-state index contributed by atoms with van der Waals surface area (Å²) in [7, 11) is 1.56. The molecule has 1 atom stereocenters. The smallest absolute Gasteiger partial charge is 0.255 e. The van der Waals surface area contributed by atoms with E-state index in [0.717, 1.165) is 18.5 Å². The molecular formula is C22H22FN3O2S. The summed E-state index contributed by atoms with van der Waals surface area (Å²) >= 11 is 5.57. The van der Waals surface area contributed by atoms with Crippen molar-refractivity contribution in [2.75, 3.05) is 12.4 Å². The number of benzene rings is 2. The van der Waals surface area contributed by atoms with Crippen molar-refractivity contribution in [3.05, 3.63) is 71.2 Å². The zero-order chi connectivity index (χ0) is 20.5. The van der Waals surface area contributed by atoms with Crippen LogP contribution in [0.2, 0.25) is 0 Å². The van der Waals surface area contributed by atoms with E-state index in [1.54, 1.807) is 31.4 Å². The van der Waals surface area contributed by atoms with Crippen LogP contribution < -0.4 is 15.4 Å². The van der Waals surface area contributed by atoms with Gasteiger partial charge in [0.05, 0.1) is 24.4 Å². The lowest BCUT2D eigenvalue weighted by atomic mass is 9.94. The number of carbonyl (C=O) groups is 1. The Labute approximate surface area is 174 Å². The highest BCUT2D eigenvalue weighted by molar-refractivity contribution is 7.80. The van der Waals surface area contributed by atoms with E-state index in [-0.39, 0.29) is 11.7 Å². The molecule has 0 aromatic heterocycles. The van der Waals surface area contributed by atoms with E-state index in [1.165, 1.54) is 12.1 Å². The normalized spacial score (nSPS) is 19.1. The van der Waals surface area contributed by atoms with E-state index < -0.39 is 6.04 Å². The van der Waals surface area contributed by atoms with Crippen molar-refractivity contribution in [1.82, 2.24) is 10.2 Å². The molecule has 4 rings (SSSR count). The van der Waals surface area contributed by atoms with Gasteiger partial charge in [-0.1, -0.05) is 24.3 Å². The van der Waals surface area contributed by atoms with E-state index in [2.05, 4.69) is 10.6 Å². The maximum absolute atomic E-state index is 13.9. The first kappa shape index (κ1) is 19.4. The Balaban J connectivity index is 1.75. The molecule has 150 valence electrons. The number of thiocarbonyl (C=S) groups is 1. The number of carbonyl (C=O) groups excluding carboxylic acids is 1. The second-order valence-electron chi connectivity index (χ2n) is 7.19. The number of methoxy groups -OCH3 is 1. The van der Waals surface area contributed by atoms with Crippen molar-refractivity contribution >= 4 is 28.9 Å². The minimum Gasteiger partial charge on any atom is -0.495 e. The predicted molar refractivity (Wildman–Crippen MR) is 114 cm³/mol. The minimum absolute atomic E-state index is 0.276. The number of hydrogen-bond donors (Lipinski definition) is 2. The highest BCUT2D eigenvalue weighted by Gasteiger charge is 2.40. The van der Waals surface area contributed by atoms with Crippen LogP contribution in [0.25, 0.3) is 0 Å². The summed E-state index contributed by atoms with van der Waals surface area (Å²) in [6.07, 6.45) is 2.07. The zero-order valence-corrected chi connectivity index (χ0v) is 17.1. The topological polar surface area (TPSA) is 53.6 Å². The first-order valence-corrected chi connectivity index (χ1v) is 9.90. The zero-order valence-electron chi connectivity index (χ0n) is 16.2. The van der Waals surface area contributed by atoms with Crippen LogP contribution in [-0.4, -0.2) is 29.1 Å². The van der Waals surface area contributed by atoms with Crippen LogP contribution in [-0.2, 0) is 4.79 Å². The van der Waals surface area contributed by atoms with Gasteiger partial charge >= 0.3 is 0 Å². The third kappa shape index (κ3) is 3.82. The van der Waals surface area contributed by atoms with Crippen LogP contribution in [0, 0.1) is 5.82 Å². The van der Waals surface area contributed by atoms with Gasteiger partial charge in [-0.15, -0.1) is 0 Å². The summed E-state index contributed by atoms with van der Waals surface area (Å²) in [5.74, 6) is -0.0661. The molecule has 2 N–H and O–H groups in total. The molecule has 1 heterocycles. The van der Waals surface area contributed by atoms with E-state index in [9.17, 15) is 9.18 Å². The summed E-state index contributed by atoms with van der Waals surface area (Å²) < 4.78 is 19.2. The molecule has 1 saturated carbocycles. The summed E-state index contributed by atoms with van der Waals surface area (Å²) in [5.41, 5.74) is 2.52. The molecule has 1 aliphatic carbocycles. The molecule has 7 heteroatoms. The number of nitrogens with one attached hydrogen (secondary N) is 2. The fraction of sp³-hybridized carbons (Fsp3) is 0.273. The first-order valence-electron chi connectivity index (χ1n) is 9.50. The van der Waals surface area contributed by atoms with Crippen molar-refractivity contribution in [3.8, 4) is 5.75 Å². The molecule has 2 aromatic rings. The number of anilines is 1. The Kier molecular flexibility index (Phi) is 5.24. The molecule has 0 bridgehead atoms. The number of rotatable bonds is 5. The summed E-state index contributed by atoms with van der Waals surface area (Å²) in [4.78, 5) is 15.4. The second-order valence-corrected chi connectivity index (χ2v) is 7.58. The lowest BCUT2D eigenvalue weighted by Gasteiger charge is -2.38. The van der Waals surface area contributed by atoms with Gasteiger partial charge in [-0.05, 0) is 61.8 Å². The third-order valence-electron chi connectivity index (χ3n) is 5.22. The van der Waals surface area contributed by atoms with Gasteiger partial charge < -0.3 is 20.3 Å². The molecule has 0 saturated heterocycles. The number of amides is 1. The molecule has 29 heavy (non-hydrogen) atoms. The first-order chi connectivity index (χ1) is 14.0. The van der Waals surface area contributed by atoms with Crippen LogP contribution in [0.15, 0.2) is 59.8 Å². The molecular weight excluding hydrogens is 389 g/mol. The Morgan fingerprint density at radius 1 is 1.24 bits per heavy atom. The Morgan fingerprint density at radius 2 is 2.00 bits per heavy atom. The largest absolute Gasteiger partial charge is 0.495 e. The number of ether oxygens (including phenoxy) is 1. The standard InChI is InChI=1S/C22H22FN3O2S/c1-13-19(21(27)24-17-8-3-4-9-18(17)28-2)20(14-6-5-7-15(23)12-14)25-22(29)26(13)16-10-11-16/h3-9,12,16,20H,10-11H2,1-2H3,(H,24,27)(H,25,29)/t20-/m0/s1. The van der Waals surface area contributed by atoms with E-state index in [0.29, 0.717) is 33.7 Å². The fourth-order valence-electron chi connectivity index (χ4n) is 3.70. The van der Waals surface area contributed by atoms with Crippen LogP contribution in [0.5, 0.6) is 5.75 Å². The molecule has 0 unspecified atom stereocenters.